The molecule has 1 aliphatic heterocycles. The Morgan fingerprint density at radius 2 is 1.71 bits per heavy atom. The molecule has 0 radical (unpaired) electrons. The van der Waals surface area contributed by atoms with Crippen molar-refractivity contribution in [3.63, 3.8) is 0 Å². The molecule has 2 rings (SSSR count). The van der Waals surface area contributed by atoms with Gasteiger partial charge in [-0.15, -0.1) is 0 Å². The topological polar surface area (TPSA) is 76.1 Å². The highest BCUT2D eigenvalue weighted by Gasteiger charge is 2.42. The standard InChI is InChI=1S/C17H22ClNO5/c1-17(16(21)22,11-4-6-12(18)7-5-11)8-15(20)19-9-13(23-2)14(10-19)24-3/h4-7,13-14H,8-10H2,1-3H3,(H,21,22)/t13-,14+,17?. The summed E-state index contributed by atoms with van der Waals surface area (Å²) in [5, 5.41) is 10.2. The van der Waals surface area contributed by atoms with Crippen LogP contribution in [0.2, 0.25) is 5.02 Å². The molecule has 1 aromatic rings. The van der Waals surface area contributed by atoms with Crippen LogP contribution in [0.25, 0.3) is 0 Å². The third kappa shape index (κ3) is 3.71. The molecule has 1 aliphatic rings. The lowest BCUT2D eigenvalue weighted by atomic mass is 9.79. The number of ether oxygens (including phenoxy) is 2. The van der Waals surface area contributed by atoms with Gasteiger partial charge in [0.2, 0.25) is 5.91 Å². The number of carboxylic acid groups (broad SMARTS) is 1. The summed E-state index contributed by atoms with van der Waals surface area (Å²) in [4.78, 5) is 26.1. The number of nitrogens with zero attached hydrogens (tertiary/aromatic N) is 1. The lowest BCUT2D eigenvalue weighted by Gasteiger charge is -2.27. The van der Waals surface area contributed by atoms with Crippen molar-refractivity contribution in [1.82, 2.24) is 4.90 Å². The van der Waals surface area contributed by atoms with Gasteiger partial charge in [-0.1, -0.05) is 23.7 Å². The third-order valence-corrected chi connectivity index (χ3v) is 4.88. The van der Waals surface area contributed by atoms with Crippen LogP contribution in [0.4, 0.5) is 0 Å². The monoisotopic (exact) mass is 355 g/mol. The van der Waals surface area contributed by atoms with E-state index >= 15 is 0 Å². The lowest BCUT2D eigenvalue weighted by Crippen LogP contribution is -2.40. The number of amides is 1. The molecule has 7 heteroatoms. The Hall–Kier alpha value is -1.63. The fraction of sp³-hybridized carbons (Fsp3) is 0.529. The zero-order valence-electron chi connectivity index (χ0n) is 14.0. The molecule has 1 unspecified atom stereocenters. The van der Waals surface area contributed by atoms with Crippen LogP contribution in [0, 0.1) is 0 Å². The average Bonchev–Trinajstić information content (AvgIpc) is 2.98. The van der Waals surface area contributed by atoms with Crippen LogP contribution in [0.1, 0.15) is 18.9 Å². The predicted octanol–water partition coefficient (Wildman–Crippen LogP) is 1.94. The molecule has 0 saturated carbocycles. The first-order chi connectivity index (χ1) is 11.3. The molecular formula is C17H22ClNO5. The van der Waals surface area contributed by atoms with Crippen LogP contribution in [-0.4, -0.2) is 61.4 Å². The molecular weight excluding hydrogens is 334 g/mol. The number of methoxy groups -OCH3 is 2. The molecule has 1 aromatic carbocycles. The zero-order chi connectivity index (χ0) is 17.9. The smallest absolute Gasteiger partial charge is 0.314 e. The van der Waals surface area contributed by atoms with Gasteiger partial charge in [0.05, 0.1) is 5.41 Å². The maximum atomic E-state index is 12.7. The van der Waals surface area contributed by atoms with E-state index in [-0.39, 0.29) is 24.5 Å². The summed E-state index contributed by atoms with van der Waals surface area (Å²) in [6.07, 6.45) is -0.548. The Labute approximate surface area is 146 Å². The minimum atomic E-state index is -1.32. The van der Waals surface area contributed by atoms with Crippen molar-refractivity contribution in [3.05, 3.63) is 34.9 Å². The Kier molecular flexibility index (Phi) is 5.85. The highest BCUT2D eigenvalue weighted by Crippen LogP contribution is 2.31. The Bertz CT molecular complexity index is 594. The molecule has 3 atom stereocenters. The molecule has 6 nitrogen and oxygen atoms in total. The Morgan fingerprint density at radius 3 is 2.12 bits per heavy atom. The minimum Gasteiger partial charge on any atom is -0.481 e. The average molecular weight is 356 g/mol. The summed E-state index contributed by atoms with van der Waals surface area (Å²) in [6.45, 7) is 2.34. The molecule has 1 fully saturated rings. The van der Waals surface area contributed by atoms with Crippen molar-refractivity contribution in [2.45, 2.75) is 31.0 Å². The summed E-state index contributed by atoms with van der Waals surface area (Å²) in [7, 11) is 3.14. The zero-order valence-corrected chi connectivity index (χ0v) is 14.7. The van der Waals surface area contributed by atoms with E-state index in [1.54, 1.807) is 50.3 Å². The number of carboxylic acids is 1. The van der Waals surface area contributed by atoms with Crippen molar-refractivity contribution in [2.75, 3.05) is 27.3 Å². The van der Waals surface area contributed by atoms with Gasteiger partial charge in [-0.05, 0) is 24.6 Å². The van der Waals surface area contributed by atoms with Crippen molar-refractivity contribution in [3.8, 4) is 0 Å². The van der Waals surface area contributed by atoms with Gasteiger partial charge in [0.15, 0.2) is 0 Å². The Morgan fingerprint density at radius 1 is 1.21 bits per heavy atom. The van der Waals surface area contributed by atoms with Crippen LogP contribution in [0.3, 0.4) is 0 Å². The first-order valence-corrected chi connectivity index (χ1v) is 8.02. The summed E-state index contributed by atoms with van der Waals surface area (Å²) in [5.74, 6) is -1.29. The fourth-order valence-corrected chi connectivity index (χ4v) is 3.06. The maximum absolute atomic E-state index is 12.7. The second-order valence-electron chi connectivity index (χ2n) is 6.17. The van der Waals surface area contributed by atoms with Crippen molar-refractivity contribution in [1.29, 1.82) is 0 Å². The predicted molar refractivity (Wildman–Crippen MR) is 89.2 cm³/mol. The van der Waals surface area contributed by atoms with E-state index in [0.29, 0.717) is 23.7 Å². The highest BCUT2D eigenvalue weighted by molar-refractivity contribution is 6.30. The maximum Gasteiger partial charge on any atom is 0.314 e. The summed E-state index contributed by atoms with van der Waals surface area (Å²) >= 11 is 5.86. The van der Waals surface area contributed by atoms with Crippen molar-refractivity contribution < 1.29 is 24.2 Å². The van der Waals surface area contributed by atoms with Gasteiger partial charge < -0.3 is 19.5 Å². The number of rotatable bonds is 6. The molecule has 1 N–H and O–H groups in total. The number of hydrogen-bond donors (Lipinski definition) is 1. The highest BCUT2D eigenvalue weighted by atomic mass is 35.5. The van der Waals surface area contributed by atoms with Gasteiger partial charge in [-0.25, -0.2) is 0 Å². The number of hydrogen-bond acceptors (Lipinski definition) is 4. The van der Waals surface area contributed by atoms with Gasteiger partial charge in [0.1, 0.15) is 12.2 Å². The van der Waals surface area contributed by atoms with Crippen LogP contribution in [0.15, 0.2) is 24.3 Å². The molecule has 0 bridgehead atoms. The summed E-state index contributed by atoms with van der Waals surface area (Å²) in [5.41, 5.74) is -0.784. The van der Waals surface area contributed by atoms with Crippen LogP contribution >= 0.6 is 11.6 Å². The number of likely N-dealkylation sites (tertiary alicyclic amines) is 1. The van der Waals surface area contributed by atoms with E-state index in [9.17, 15) is 14.7 Å². The largest absolute Gasteiger partial charge is 0.481 e. The van der Waals surface area contributed by atoms with E-state index in [1.807, 2.05) is 0 Å². The fourth-order valence-electron chi connectivity index (χ4n) is 2.93. The second-order valence-corrected chi connectivity index (χ2v) is 6.60. The summed E-state index contributed by atoms with van der Waals surface area (Å²) in [6, 6.07) is 6.54. The van der Waals surface area contributed by atoms with E-state index in [1.165, 1.54) is 0 Å². The van der Waals surface area contributed by atoms with E-state index in [4.69, 9.17) is 21.1 Å². The number of aliphatic carboxylic acids is 1. The number of halogens is 1. The number of benzene rings is 1. The van der Waals surface area contributed by atoms with E-state index in [0.717, 1.165) is 0 Å². The number of carbonyl (C=O) groups is 2. The van der Waals surface area contributed by atoms with Gasteiger partial charge >= 0.3 is 5.97 Å². The van der Waals surface area contributed by atoms with E-state index < -0.39 is 11.4 Å². The number of carbonyl (C=O) groups excluding carboxylic acids is 1. The second kappa shape index (κ2) is 7.51. The van der Waals surface area contributed by atoms with Gasteiger partial charge in [0.25, 0.3) is 0 Å². The van der Waals surface area contributed by atoms with Gasteiger partial charge in [0, 0.05) is 38.8 Å². The molecule has 1 saturated heterocycles. The molecule has 0 spiro atoms. The molecule has 24 heavy (non-hydrogen) atoms. The molecule has 1 heterocycles. The molecule has 0 aliphatic carbocycles. The van der Waals surface area contributed by atoms with Crippen LogP contribution in [0.5, 0.6) is 0 Å². The van der Waals surface area contributed by atoms with Crippen molar-refractivity contribution >= 4 is 23.5 Å². The molecule has 0 aromatic heterocycles. The Balaban J connectivity index is 2.17. The first-order valence-electron chi connectivity index (χ1n) is 7.64. The van der Waals surface area contributed by atoms with Crippen LogP contribution < -0.4 is 0 Å². The van der Waals surface area contributed by atoms with E-state index in [2.05, 4.69) is 0 Å². The SMILES string of the molecule is CO[C@H]1CN(C(=O)CC(C)(C(=O)O)c2ccc(Cl)cc2)C[C@H]1OC. The quantitative estimate of drug-likeness (QED) is 0.844. The van der Waals surface area contributed by atoms with Gasteiger partial charge in [-0.2, -0.15) is 0 Å². The molecule has 132 valence electrons. The lowest BCUT2D eigenvalue weighted by molar-refractivity contribution is -0.147. The minimum absolute atomic E-state index is 0.142. The molecule has 1 amide bonds. The normalized spacial score (nSPS) is 23.1. The van der Waals surface area contributed by atoms with Gasteiger partial charge in [-0.3, -0.25) is 9.59 Å². The van der Waals surface area contributed by atoms with Crippen LogP contribution in [-0.2, 0) is 24.5 Å². The third-order valence-electron chi connectivity index (χ3n) is 4.63. The first kappa shape index (κ1) is 18.7. The summed E-state index contributed by atoms with van der Waals surface area (Å²) < 4.78 is 10.6. The van der Waals surface area contributed by atoms with Crippen molar-refractivity contribution in [2.24, 2.45) is 0 Å².